The molecule has 9 heteroatoms. The maximum atomic E-state index is 12.9. The Morgan fingerprint density at radius 1 is 0.574 bits per heavy atom. The number of quaternary nitrogens is 1. The molecule has 0 spiro atoms. The Morgan fingerprint density at radius 2 is 1.00 bits per heavy atom. The molecule has 61 heavy (non-hydrogen) atoms. The van der Waals surface area contributed by atoms with Crippen molar-refractivity contribution >= 4 is 13.7 Å². The largest absolute Gasteiger partial charge is 0.472 e. The maximum absolute atomic E-state index is 12.9. The van der Waals surface area contributed by atoms with Crippen LogP contribution in [0.4, 0.5) is 0 Å². The van der Waals surface area contributed by atoms with E-state index in [-0.39, 0.29) is 19.1 Å². The number of hydrogen-bond acceptors (Lipinski definition) is 5. The number of rotatable bonds is 43. The zero-order valence-electron chi connectivity index (χ0n) is 39.9. The van der Waals surface area contributed by atoms with E-state index in [0.29, 0.717) is 17.4 Å². The Kier molecular flexibility index (Phi) is 41.3. The Hall–Kier alpha value is -2.32. The van der Waals surface area contributed by atoms with Gasteiger partial charge in [-0.05, 0) is 83.5 Å². The number of phosphoric ester groups is 1. The van der Waals surface area contributed by atoms with Crippen LogP contribution in [0.3, 0.4) is 0 Å². The average molecular weight is 874 g/mol. The number of carbonyl (C=O) groups excluding carboxylic acids is 1. The van der Waals surface area contributed by atoms with Gasteiger partial charge in [0.05, 0.1) is 39.9 Å². The second-order valence-electron chi connectivity index (χ2n) is 17.4. The van der Waals surface area contributed by atoms with Crippen LogP contribution in [0.25, 0.3) is 0 Å². The Bertz CT molecular complexity index is 1260. The highest BCUT2D eigenvalue weighted by atomic mass is 31.2. The monoisotopic (exact) mass is 874 g/mol. The van der Waals surface area contributed by atoms with Crippen LogP contribution in [-0.2, 0) is 18.4 Å². The first kappa shape index (κ1) is 58.7. The fourth-order valence-electron chi connectivity index (χ4n) is 6.47. The summed E-state index contributed by atoms with van der Waals surface area (Å²) in [5, 5.41) is 13.8. The van der Waals surface area contributed by atoms with Crippen molar-refractivity contribution in [3.8, 4) is 0 Å². The van der Waals surface area contributed by atoms with Crippen LogP contribution in [0.1, 0.15) is 187 Å². The molecule has 0 aromatic heterocycles. The van der Waals surface area contributed by atoms with Crippen molar-refractivity contribution in [2.75, 3.05) is 40.9 Å². The molecule has 0 aliphatic carbocycles. The molecule has 8 nitrogen and oxygen atoms in total. The van der Waals surface area contributed by atoms with Gasteiger partial charge in [0.15, 0.2) is 0 Å². The predicted molar refractivity (Wildman–Crippen MR) is 263 cm³/mol. The molecule has 0 saturated heterocycles. The summed E-state index contributed by atoms with van der Waals surface area (Å²) < 4.78 is 23.6. The Morgan fingerprint density at radius 3 is 1.51 bits per heavy atom. The summed E-state index contributed by atoms with van der Waals surface area (Å²) in [6, 6.07) is -0.874. The lowest BCUT2D eigenvalue weighted by atomic mass is 10.0. The van der Waals surface area contributed by atoms with E-state index < -0.39 is 20.0 Å². The van der Waals surface area contributed by atoms with Crippen LogP contribution >= 0.6 is 7.82 Å². The van der Waals surface area contributed by atoms with Gasteiger partial charge in [-0.3, -0.25) is 13.8 Å². The minimum atomic E-state index is -4.36. The van der Waals surface area contributed by atoms with Crippen molar-refractivity contribution in [1.82, 2.24) is 5.32 Å². The van der Waals surface area contributed by atoms with E-state index in [2.05, 4.69) is 92.1 Å². The molecule has 3 unspecified atom stereocenters. The van der Waals surface area contributed by atoms with E-state index in [9.17, 15) is 19.4 Å². The highest BCUT2D eigenvalue weighted by Crippen LogP contribution is 2.43. The molecular weight excluding hydrogens is 780 g/mol. The number of carbonyl (C=O) groups is 1. The number of likely N-dealkylation sites (N-methyl/N-ethyl adjacent to an activating group) is 1. The number of allylic oxidation sites excluding steroid dienone is 13. The van der Waals surface area contributed by atoms with Crippen LogP contribution in [0, 0.1) is 0 Å². The van der Waals surface area contributed by atoms with Gasteiger partial charge < -0.3 is 19.8 Å². The first-order valence-corrected chi connectivity index (χ1v) is 26.0. The quantitative estimate of drug-likeness (QED) is 0.0244. The van der Waals surface area contributed by atoms with Crippen LogP contribution in [0.5, 0.6) is 0 Å². The topological polar surface area (TPSA) is 105 Å². The average Bonchev–Trinajstić information content (AvgIpc) is 3.21. The molecular formula is C52H94N2O6P+. The highest BCUT2D eigenvalue weighted by Gasteiger charge is 2.27. The second kappa shape index (κ2) is 43.0. The van der Waals surface area contributed by atoms with Gasteiger partial charge in [-0.1, -0.05) is 182 Å². The second-order valence-corrected chi connectivity index (χ2v) is 18.9. The van der Waals surface area contributed by atoms with Crippen LogP contribution < -0.4 is 5.32 Å². The SMILES string of the molecule is CC/C=C\C/C=C\C/C=C\C/C=C\CCCCCCCCCCCCCCC(=O)NC(COP(=O)(O)OCC[N+](C)(C)C)C(O)/C=C/CC/C=C/CC/C=C/CCCCCC. The lowest BCUT2D eigenvalue weighted by Crippen LogP contribution is -2.45. The van der Waals surface area contributed by atoms with E-state index in [1.807, 2.05) is 27.2 Å². The number of unbranched alkanes of at least 4 members (excludes halogenated alkanes) is 18. The van der Waals surface area contributed by atoms with Gasteiger partial charge in [0.1, 0.15) is 13.2 Å². The summed E-state index contributed by atoms with van der Waals surface area (Å²) in [6.45, 7) is 4.63. The molecule has 0 aliphatic heterocycles. The number of aliphatic hydroxyl groups excluding tert-OH is 1. The molecule has 0 radical (unpaired) electrons. The van der Waals surface area contributed by atoms with Gasteiger partial charge in [0.2, 0.25) is 5.91 Å². The van der Waals surface area contributed by atoms with Gasteiger partial charge in [-0.2, -0.15) is 0 Å². The van der Waals surface area contributed by atoms with Gasteiger partial charge in [-0.25, -0.2) is 4.57 Å². The lowest BCUT2D eigenvalue weighted by molar-refractivity contribution is -0.870. The molecule has 1 amide bonds. The first-order valence-electron chi connectivity index (χ1n) is 24.5. The Labute approximate surface area is 376 Å². The zero-order valence-corrected chi connectivity index (χ0v) is 40.8. The van der Waals surface area contributed by atoms with Gasteiger partial charge in [0, 0.05) is 6.42 Å². The molecule has 3 N–H and O–H groups in total. The summed E-state index contributed by atoms with van der Waals surface area (Å²) in [6.07, 6.45) is 59.5. The minimum Gasteiger partial charge on any atom is -0.387 e. The smallest absolute Gasteiger partial charge is 0.387 e. The van der Waals surface area contributed by atoms with E-state index in [1.165, 1.54) is 96.3 Å². The molecule has 352 valence electrons. The molecule has 0 saturated carbocycles. The number of amides is 1. The molecule has 0 aliphatic rings. The molecule has 0 bridgehead atoms. The van der Waals surface area contributed by atoms with Gasteiger partial charge in [-0.15, -0.1) is 0 Å². The normalized spacial score (nSPS) is 14.9. The van der Waals surface area contributed by atoms with Crippen molar-refractivity contribution in [2.45, 2.75) is 199 Å². The predicted octanol–water partition coefficient (Wildman–Crippen LogP) is 14.1. The zero-order chi connectivity index (χ0) is 45.0. The number of hydrogen-bond donors (Lipinski definition) is 3. The van der Waals surface area contributed by atoms with E-state index in [4.69, 9.17) is 9.05 Å². The number of aliphatic hydroxyl groups is 1. The van der Waals surface area contributed by atoms with Crippen molar-refractivity contribution in [3.63, 3.8) is 0 Å². The molecule has 0 heterocycles. The summed E-state index contributed by atoms with van der Waals surface area (Å²) in [4.78, 5) is 23.2. The third kappa shape index (κ3) is 45.5. The van der Waals surface area contributed by atoms with Crippen molar-refractivity contribution < 1.29 is 32.9 Å². The van der Waals surface area contributed by atoms with E-state index in [0.717, 1.165) is 70.6 Å². The molecule has 0 aromatic carbocycles. The number of nitrogens with zero attached hydrogens (tertiary/aromatic N) is 1. The number of nitrogens with one attached hydrogen (secondary N) is 1. The first-order chi connectivity index (χ1) is 29.5. The highest BCUT2D eigenvalue weighted by molar-refractivity contribution is 7.47. The van der Waals surface area contributed by atoms with Gasteiger partial charge in [0.25, 0.3) is 0 Å². The molecule has 0 aromatic rings. The summed E-state index contributed by atoms with van der Waals surface area (Å²) in [5.41, 5.74) is 0. The number of phosphoric acid groups is 1. The maximum Gasteiger partial charge on any atom is 0.472 e. The summed E-state index contributed by atoms with van der Waals surface area (Å²) in [5.74, 6) is -0.198. The standard InChI is InChI=1S/C52H93N2O6P/c1-6-8-10-12-14-16-18-20-22-23-24-25-26-27-28-29-30-31-32-34-36-38-40-42-44-46-52(56)53-50(49-60-61(57,58)59-48-47-54(3,4)5)51(55)45-43-41-39-37-35-33-21-19-17-15-13-11-9-7-2/h8,10,14,16-17,19-20,22,24-25,35,37,43,45,50-51,55H,6-7,9,11-13,15,18,21,23,26-34,36,38-42,44,46-49H2,1-5H3,(H-,53,56,57,58)/p+1/b10-8-,16-14-,19-17+,22-20-,25-24-,37-35+,45-43+. The molecule has 0 rings (SSSR count). The van der Waals surface area contributed by atoms with Crippen molar-refractivity contribution in [2.24, 2.45) is 0 Å². The fourth-order valence-corrected chi connectivity index (χ4v) is 7.21. The van der Waals surface area contributed by atoms with E-state index in [1.54, 1.807) is 6.08 Å². The fraction of sp³-hybridized carbons (Fsp3) is 0.712. The van der Waals surface area contributed by atoms with Crippen LogP contribution in [-0.4, -0.2) is 73.4 Å². The lowest BCUT2D eigenvalue weighted by Gasteiger charge is -2.25. The summed E-state index contributed by atoms with van der Waals surface area (Å²) in [7, 11) is 1.53. The van der Waals surface area contributed by atoms with Crippen molar-refractivity contribution in [3.05, 3.63) is 85.1 Å². The molecule has 0 fully saturated rings. The molecule has 3 atom stereocenters. The minimum absolute atomic E-state index is 0.0494. The third-order valence-electron chi connectivity index (χ3n) is 10.3. The van der Waals surface area contributed by atoms with Gasteiger partial charge >= 0.3 is 7.82 Å². The third-order valence-corrected chi connectivity index (χ3v) is 11.3. The van der Waals surface area contributed by atoms with Crippen LogP contribution in [0.2, 0.25) is 0 Å². The Balaban J connectivity index is 4.32. The van der Waals surface area contributed by atoms with E-state index >= 15 is 0 Å². The van der Waals surface area contributed by atoms with Crippen LogP contribution in [0.15, 0.2) is 85.1 Å². The summed E-state index contributed by atoms with van der Waals surface area (Å²) >= 11 is 0. The van der Waals surface area contributed by atoms with Crippen molar-refractivity contribution in [1.29, 1.82) is 0 Å².